The molecule has 2 atom stereocenters. The summed E-state index contributed by atoms with van der Waals surface area (Å²) >= 11 is 7.53. The Hall–Kier alpha value is -1.39. The molecule has 1 aromatic heterocycles. The molecule has 3 rings (SSSR count). The lowest BCUT2D eigenvalue weighted by Gasteiger charge is -2.04. The van der Waals surface area contributed by atoms with Crippen molar-refractivity contribution in [3.63, 3.8) is 0 Å². The second-order valence-electron chi connectivity index (χ2n) is 5.42. The predicted molar refractivity (Wildman–Crippen MR) is 85.9 cm³/mol. The lowest BCUT2D eigenvalue weighted by atomic mass is 10.1. The molecule has 3 nitrogen and oxygen atoms in total. The number of hydrogen-bond donors (Lipinski definition) is 1. The Balaban J connectivity index is 1.46. The normalized spacial score (nSPS) is 20.3. The smallest absolute Gasteiger partial charge is 0.223 e. The fourth-order valence-electron chi connectivity index (χ4n) is 2.50. The SMILES string of the molecule is Cc1csc(CCNC(=O)[C@H]2C[C@H]2c2ccc(Cl)cc2)n1. The van der Waals surface area contributed by atoms with Crippen molar-refractivity contribution < 1.29 is 4.79 Å². The summed E-state index contributed by atoms with van der Waals surface area (Å²) in [6.45, 7) is 2.65. The minimum Gasteiger partial charge on any atom is -0.355 e. The van der Waals surface area contributed by atoms with Crippen LogP contribution < -0.4 is 5.32 Å². The summed E-state index contributed by atoms with van der Waals surface area (Å²) in [5.74, 6) is 0.622. The number of nitrogens with zero attached hydrogens (tertiary/aromatic N) is 1. The maximum atomic E-state index is 12.1. The maximum Gasteiger partial charge on any atom is 0.223 e. The molecule has 1 aromatic carbocycles. The van der Waals surface area contributed by atoms with Crippen LogP contribution >= 0.6 is 22.9 Å². The van der Waals surface area contributed by atoms with Crippen LogP contribution in [0.15, 0.2) is 29.6 Å². The third-order valence-corrected chi connectivity index (χ3v) is 5.01. The fraction of sp³-hybridized carbons (Fsp3) is 0.375. The van der Waals surface area contributed by atoms with Gasteiger partial charge in [-0.3, -0.25) is 4.79 Å². The molecule has 2 aromatic rings. The van der Waals surface area contributed by atoms with E-state index in [-0.39, 0.29) is 11.8 Å². The Morgan fingerprint density at radius 3 is 2.86 bits per heavy atom. The lowest BCUT2D eigenvalue weighted by Crippen LogP contribution is -2.27. The molecule has 110 valence electrons. The van der Waals surface area contributed by atoms with Crippen LogP contribution in [0.25, 0.3) is 0 Å². The first-order valence-electron chi connectivity index (χ1n) is 7.07. The average Bonchev–Trinajstić information content (AvgIpc) is 3.16. The molecule has 0 saturated heterocycles. The molecule has 21 heavy (non-hydrogen) atoms. The molecule has 1 aliphatic carbocycles. The Bertz CT molecular complexity index is 638. The number of carbonyl (C=O) groups is 1. The molecule has 0 unspecified atom stereocenters. The molecule has 1 fully saturated rings. The number of carbonyl (C=O) groups excluding carboxylic acids is 1. The van der Waals surface area contributed by atoms with E-state index in [1.807, 2.05) is 36.6 Å². The summed E-state index contributed by atoms with van der Waals surface area (Å²) in [6.07, 6.45) is 1.74. The molecule has 0 aliphatic heterocycles. The highest BCUT2D eigenvalue weighted by molar-refractivity contribution is 7.09. The number of aromatic nitrogens is 1. The number of amides is 1. The summed E-state index contributed by atoms with van der Waals surface area (Å²) in [5.41, 5.74) is 2.25. The highest BCUT2D eigenvalue weighted by atomic mass is 35.5. The van der Waals surface area contributed by atoms with Crippen LogP contribution in [0.3, 0.4) is 0 Å². The van der Waals surface area contributed by atoms with Gasteiger partial charge in [0.1, 0.15) is 0 Å². The molecular formula is C16H17ClN2OS. The van der Waals surface area contributed by atoms with Gasteiger partial charge in [-0.1, -0.05) is 23.7 Å². The van der Waals surface area contributed by atoms with E-state index in [4.69, 9.17) is 11.6 Å². The van der Waals surface area contributed by atoms with E-state index in [9.17, 15) is 4.79 Å². The van der Waals surface area contributed by atoms with E-state index in [0.29, 0.717) is 12.5 Å². The second kappa shape index (κ2) is 6.16. The minimum atomic E-state index is 0.115. The van der Waals surface area contributed by atoms with Crippen molar-refractivity contribution in [1.29, 1.82) is 0 Å². The van der Waals surface area contributed by atoms with Crippen molar-refractivity contribution in [2.45, 2.75) is 25.7 Å². The third-order valence-electron chi connectivity index (χ3n) is 3.73. The number of aryl methyl sites for hydroxylation is 1. The van der Waals surface area contributed by atoms with Crippen LogP contribution in [-0.4, -0.2) is 17.4 Å². The van der Waals surface area contributed by atoms with Crippen LogP contribution in [0.1, 0.15) is 28.6 Å². The van der Waals surface area contributed by atoms with Crippen LogP contribution in [0.5, 0.6) is 0 Å². The van der Waals surface area contributed by atoms with Crippen molar-refractivity contribution in [3.8, 4) is 0 Å². The van der Waals surface area contributed by atoms with Crippen LogP contribution in [-0.2, 0) is 11.2 Å². The Morgan fingerprint density at radius 2 is 2.19 bits per heavy atom. The number of rotatable bonds is 5. The van der Waals surface area contributed by atoms with Crippen molar-refractivity contribution in [2.24, 2.45) is 5.92 Å². The largest absolute Gasteiger partial charge is 0.355 e. The predicted octanol–water partition coefficient (Wildman–Crippen LogP) is 3.57. The molecule has 0 bridgehead atoms. The van der Waals surface area contributed by atoms with Crippen LogP contribution in [0.4, 0.5) is 0 Å². The monoisotopic (exact) mass is 320 g/mol. The zero-order valence-electron chi connectivity index (χ0n) is 11.8. The van der Waals surface area contributed by atoms with E-state index < -0.39 is 0 Å². The molecule has 0 radical (unpaired) electrons. The van der Waals surface area contributed by atoms with Crippen molar-refractivity contribution in [2.75, 3.05) is 6.54 Å². The summed E-state index contributed by atoms with van der Waals surface area (Å²) in [5, 5.41) is 6.87. The van der Waals surface area contributed by atoms with Gasteiger partial charge in [0.15, 0.2) is 0 Å². The van der Waals surface area contributed by atoms with E-state index in [1.165, 1.54) is 5.56 Å². The highest BCUT2D eigenvalue weighted by Crippen LogP contribution is 2.47. The summed E-state index contributed by atoms with van der Waals surface area (Å²) < 4.78 is 0. The van der Waals surface area contributed by atoms with Gasteiger partial charge in [-0.15, -0.1) is 11.3 Å². The van der Waals surface area contributed by atoms with Crippen molar-refractivity contribution in [3.05, 3.63) is 50.9 Å². The van der Waals surface area contributed by atoms with Crippen LogP contribution in [0, 0.1) is 12.8 Å². The number of halogens is 1. The second-order valence-corrected chi connectivity index (χ2v) is 6.80. The summed E-state index contributed by atoms with van der Waals surface area (Å²) in [6, 6.07) is 7.79. The summed E-state index contributed by atoms with van der Waals surface area (Å²) in [4.78, 5) is 16.5. The van der Waals surface area contributed by atoms with Gasteiger partial charge in [0, 0.05) is 35.0 Å². The van der Waals surface area contributed by atoms with Gasteiger partial charge < -0.3 is 5.32 Å². The topological polar surface area (TPSA) is 42.0 Å². The molecule has 1 aliphatic rings. The quantitative estimate of drug-likeness (QED) is 0.915. The molecule has 1 N–H and O–H groups in total. The average molecular weight is 321 g/mol. The molecule has 5 heteroatoms. The van der Waals surface area contributed by atoms with E-state index >= 15 is 0 Å². The first-order chi connectivity index (χ1) is 10.1. The standard InChI is InChI=1S/C16H17ClN2OS/c1-10-9-21-15(19-10)6-7-18-16(20)14-8-13(14)11-2-4-12(17)5-3-11/h2-5,9,13-14H,6-8H2,1H3,(H,18,20)/t13-,14-/m0/s1. The van der Waals surface area contributed by atoms with E-state index in [2.05, 4.69) is 10.3 Å². The first-order valence-corrected chi connectivity index (χ1v) is 8.33. The highest BCUT2D eigenvalue weighted by Gasteiger charge is 2.43. The van der Waals surface area contributed by atoms with E-state index in [0.717, 1.165) is 28.6 Å². The molecule has 0 spiro atoms. The zero-order chi connectivity index (χ0) is 14.8. The number of nitrogens with one attached hydrogen (secondary N) is 1. The van der Waals surface area contributed by atoms with Crippen molar-refractivity contribution >= 4 is 28.8 Å². The Kier molecular flexibility index (Phi) is 4.27. The van der Waals surface area contributed by atoms with Gasteiger partial charge in [0.25, 0.3) is 0 Å². The molecular weight excluding hydrogens is 304 g/mol. The van der Waals surface area contributed by atoms with Gasteiger partial charge in [-0.25, -0.2) is 4.98 Å². The van der Waals surface area contributed by atoms with E-state index in [1.54, 1.807) is 11.3 Å². The summed E-state index contributed by atoms with van der Waals surface area (Å²) in [7, 11) is 0. The van der Waals surface area contributed by atoms with Gasteiger partial charge in [0.05, 0.1) is 5.01 Å². The van der Waals surface area contributed by atoms with Crippen LogP contribution in [0.2, 0.25) is 5.02 Å². The number of hydrogen-bond acceptors (Lipinski definition) is 3. The molecule has 1 saturated carbocycles. The first kappa shape index (κ1) is 14.5. The van der Waals surface area contributed by atoms with Gasteiger partial charge in [-0.2, -0.15) is 0 Å². The molecule has 1 amide bonds. The third kappa shape index (κ3) is 3.63. The van der Waals surface area contributed by atoms with Gasteiger partial charge in [0.2, 0.25) is 5.91 Å². The maximum absolute atomic E-state index is 12.1. The fourth-order valence-corrected chi connectivity index (χ4v) is 3.41. The zero-order valence-corrected chi connectivity index (χ0v) is 13.4. The van der Waals surface area contributed by atoms with Gasteiger partial charge in [-0.05, 0) is 37.0 Å². The van der Waals surface area contributed by atoms with Crippen molar-refractivity contribution in [1.82, 2.24) is 10.3 Å². The lowest BCUT2D eigenvalue weighted by molar-refractivity contribution is -0.122. The molecule has 1 heterocycles. The number of thiazole rings is 1. The Morgan fingerprint density at radius 1 is 1.43 bits per heavy atom. The van der Waals surface area contributed by atoms with Gasteiger partial charge >= 0.3 is 0 Å². The minimum absolute atomic E-state index is 0.115. The Labute approximate surface area is 133 Å². The number of benzene rings is 1.